The van der Waals surface area contributed by atoms with E-state index >= 15 is 0 Å². The number of benzene rings is 3. The fourth-order valence-electron chi connectivity index (χ4n) is 4.11. The number of hydrogen-bond donors (Lipinski definition) is 1. The van der Waals surface area contributed by atoms with Crippen molar-refractivity contribution in [3.05, 3.63) is 93.5 Å². The molecular formula is C30H32Cl2F3N3O4S. The van der Waals surface area contributed by atoms with Gasteiger partial charge in [0.2, 0.25) is 11.8 Å². The number of rotatable bonds is 11. The lowest BCUT2D eigenvalue weighted by Gasteiger charge is -2.32. The fourth-order valence-corrected chi connectivity index (χ4v) is 5.94. The summed E-state index contributed by atoms with van der Waals surface area (Å²) in [5.74, 6) is -1.33. The van der Waals surface area contributed by atoms with Gasteiger partial charge in [0.1, 0.15) is 12.6 Å². The molecule has 0 bridgehead atoms. The zero-order valence-electron chi connectivity index (χ0n) is 24.0. The lowest BCUT2D eigenvalue weighted by Crippen LogP contribution is -2.52. The minimum absolute atomic E-state index is 0.166. The maximum atomic E-state index is 14.0. The molecular weight excluding hydrogens is 626 g/mol. The molecule has 0 aliphatic carbocycles. The van der Waals surface area contributed by atoms with E-state index in [-0.39, 0.29) is 17.5 Å². The molecule has 0 unspecified atom stereocenters. The molecule has 13 heteroatoms. The SMILES string of the molecule is CC[C@@H](C)NC(=O)[C@@H](C)N(Cc1ccccc1Cl)C(=O)CN(c1ccc(Cl)c(C(F)(F)F)c1)S(=O)(=O)c1ccc(C)cc1. The molecule has 0 saturated carbocycles. The summed E-state index contributed by atoms with van der Waals surface area (Å²) < 4.78 is 69.7. The van der Waals surface area contributed by atoms with E-state index in [1.54, 1.807) is 38.1 Å². The minimum Gasteiger partial charge on any atom is -0.352 e. The van der Waals surface area contributed by atoms with Gasteiger partial charge in [0.25, 0.3) is 10.0 Å². The van der Waals surface area contributed by atoms with E-state index in [1.807, 2.05) is 6.92 Å². The molecule has 0 aromatic heterocycles. The third-order valence-corrected chi connectivity index (χ3v) is 9.38. The number of anilines is 1. The van der Waals surface area contributed by atoms with Gasteiger partial charge in [0.15, 0.2) is 0 Å². The number of hydrogen-bond acceptors (Lipinski definition) is 4. The van der Waals surface area contributed by atoms with Crippen LogP contribution in [0.15, 0.2) is 71.6 Å². The number of halogens is 5. The number of carbonyl (C=O) groups excluding carboxylic acids is 2. The lowest BCUT2D eigenvalue weighted by atomic mass is 10.1. The van der Waals surface area contributed by atoms with Crippen molar-refractivity contribution in [2.45, 2.75) is 63.8 Å². The lowest BCUT2D eigenvalue weighted by molar-refractivity contribution is -0.139. The normalized spacial score (nSPS) is 13.2. The van der Waals surface area contributed by atoms with Crippen molar-refractivity contribution in [3.8, 4) is 0 Å². The summed E-state index contributed by atoms with van der Waals surface area (Å²) >= 11 is 12.1. The van der Waals surface area contributed by atoms with E-state index in [2.05, 4.69) is 5.32 Å². The average molecular weight is 659 g/mol. The topological polar surface area (TPSA) is 86.8 Å². The molecule has 43 heavy (non-hydrogen) atoms. The van der Waals surface area contributed by atoms with Crippen LogP contribution in [0.5, 0.6) is 0 Å². The largest absolute Gasteiger partial charge is 0.417 e. The second kappa shape index (κ2) is 14.0. The smallest absolute Gasteiger partial charge is 0.352 e. The molecule has 0 aliphatic rings. The molecule has 232 valence electrons. The van der Waals surface area contributed by atoms with E-state index in [1.165, 1.54) is 31.2 Å². The van der Waals surface area contributed by atoms with E-state index in [4.69, 9.17) is 23.2 Å². The number of alkyl halides is 3. The molecule has 0 saturated heterocycles. The first-order valence-electron chi connectivity index (χ1n) is 13.4. The maximum Gasteiger partial charge on any atom is 0.417 e. The standard InChI is InChI=1S/C30H32Cl2F3N3O4S/c1-5-20(3)36-29(40)21(4)37(17-22-8-6-7-9-26(22)31)28(39)18-38(43(41,42)24-13-10-19(2)11-14-24)23-12-15-27(32)25(16-23)30(33,34)35/h6-16,20-21H,5,17-18H2,1-4H3,(H,36,40)/t20-,21-/m1/s1. The summed E-state index contributed by atoms with van der Waals surface area (Å²) in [7, 11) is -4.58. The van der Waals surface area contributed by atoms with Crippen LogP contribution in [0.1, 0.15) is 43.9 Å². The number of amides is 2. The van der Waals surface area contributed by atoms with Crippen molar-refractivity contribution in [2.24, 2.45) is 0 Å². The van der Waals surface area contributed by atoms with Gasteiger partial charge in [-0.3, -0.25) is 13.9 Å². The molecule has 0 heterocycles. The van der Waals surface area contributed by atoms with E-state index in [0.29, 0.717) is 27.4 Å². The summed E-state index contributed by atoms with van der Waals surface area (Å²) in [5.41, 5.74) is -0.462. The van der Waals surface area contributed by atoms with Crippen LogP contribution in [0.3, 0.4) is 0 Å². The minimum atomic E-state index is -4.89. The van der Waals surface area contributed by atoms with Crippen molar-refractivity contribution in [3.63, 3.8) is 0 Å². The van der Waals surface area contributed by atoms with E-state index < -0.39 is 56.9 Å². The monoisotopic (exact) mass is 657 g/mol. The second-order valence-corrected chi connectivity index (χ2v) is 12.8. The highest BCUT2D eigenvalue weighted by atomic mass is 35.5. The number of sulfonamides is 1. The highest BCUT2D eigenvalue weighted by molar-refractivity contribution is 7.92. The number of aryl methyl sites for hydroxylation is 1. The Balaban J connectivity index is 2.13. The van der Waals surface area contributed by atoms with Crippen molar-refractivity contribution >= 4 is 50.7 Å². The number of carbonyl (C=O) groups is 2. The first kappa shape index (κ1) is 34.2. The second-order valence-electron chi connectivity index (χ2n) is 10.1. The highest BCUT2D eigenvalue weighted by Gasteiger charge is 2.37. The molecule has 0 fully saturated rings. The van der Waals surface area contributed by atoms with Gasteiger partial charge >= 0.3 is 6.18 Å². The van der Waals surface area contributed by atoms with E-state index in [0.717, 1.165) is 22.6 Å². The van der Waals surface area contributed by atoms with Gasteiger partial charge in [0, 0.05) is 17.6 Å². The van der Waals surface area contributed by atoms with Gasteiger partial charge in [-0.1, -0.05) is 66.0 Å². The summed E-state index contributed by atoms with van der Waals surface area (Å²) in [5, 5.41) is 2.48. The van der Waals surface area contributed by atoms with E-state index in [9.17, 15) is 31.2 Å². The Morgan fingerprint density at radius 1 is 0.953 bits per heavy atom. The molecule has 0 aliphatic heterocycles. The van der Waals surface area contributed by atoms with Crippen molar-refractivity contribution in [1.29, 1.82) is 0 Å². The van der Waals surface area contributed by atoms with Crippen LogP contribution < -0.4 is 9.62 Å². The highest BCUT2D eigenvalue weighted by Crippen LogP contribution is 2.38. The van der Waals surface area contributed by atoms with Crippen molar-refractivity contribution in [1.82, 2.24) is 10.2 Å². The summed E-state index contributed by atoms with van der Waals surface area (Å²) in [6.07, 6.45) is -4.27. The van der Waals surface area contributed by atoms with Crippen LogP contribution in [0.25, 0.3) is 0 Å². The molecule has 2 amide bonds. The van der Waals surface area contributed by atoms with Gasteiger partial charge in [-0.2, -0.15) is 13.2 Å². The fraction of sp³-hybridized carbons (Fsp3) is 0.333. The molecule has 3 aromatic rings. The first-order chi connectivity index (χ1) is 20.1. The molecule has 0 spiro atoms. The van der Waals surface area contributed by atoms with Crippen LogP contribution in [0.2, 0.25) is 10.0 Å². The molecule has 2 atom stereocenters. The summed E-state index contributed by atoms with van der Waals surface area (Å²) in [4.78, 5) is 28.0. The van der Waals surface area contributed by atoms with Gasteiger partial charge < -0.3 is 10.2 Å². The Bertz CT molecular complexity index is 1570. The Morgan fingerprint density at radius 3 is 2.16 bits per heavy atom. The van der Waals surface area contributed by atoms with Gasteiger partial charge in [0.05, 0.1) is 21.2 Å². The molecule has 1 N–H and O–H groups in total. The third kappa shape index (κ3) is 8.43. The third-order valence-electron chi connectivity index (χ3n) is 6.90. The van der Waals surface area contributed by atoms with Crippen LogP contribution in [-0.2, 0) is 32.3 Å². The van der Waals surface area contributed by atoms with Crippen LogP contribution >= 0.6 is 23.2 Å². The van der Waals surface area contributed by atoms with Gasteiger partial charge in [-0.15, -0.1) is 0 Å². The van der Waals surface area contributed by atoms with Gasteiger partial charge in [-0.05, 0) is 69.2 Å². The van der Waals surface area contributed by atoms with Crippen LogP contribution in [-0.4, -0.2) is 43.8 Å². The zero-order valence-corrected chi connectivity index (χ0v) is 26.3. The maximum absolute atomic E-state index is 14.0. The molecule has 0 radical (unpaired) electrons. The Morgan fingerprint density at radius 2 is 1.58 bits per heavy atom. The van der Waals surface area contributed by atoms with Crippen molar-refractivity contribution in [2.75, 3.05) is 10.8 Å². The molecule has 3 rings (SSSR count). The van der Waals surface area contributed by atoms with Gasteiger partial charge in [-0.25, -0.2) is 8.42 Å². The quantitative estimate of drug-likeness (QED) is 0.244. The Hall–Kier alpha value is -3.28. The Labute approximate surface area is 259 Å². The average Bonchev–Trinajstić information content (AvgIpc) is 2.94. The molecule has 3 aromatic carbocycles. The first-order valence-corrected chi connectivity index (χ1v) is 15.5. The summed E-state index contributed by atoms with van der Waals surface area (Å²) in [6.45, 7) is 5.80. The number of nitrogens with zero attached hydrogens (tertiary/aromatic N) is 2. The number of nitrogens with one attached hydrogen (secondary N) is 1. The summed E-state index contributed by atoms with van der Waals surface area (Å²) in [6, 6.07) is 13.6. The zero-order chi connectivity index (χ0) is 32.1. The predicted molar refractivity (Wildman–Crippen MR) is 162 cm³/mol. The van der Waals surface area contributed by atoms with Crippen LogP contribution in [0, 0.1) is 6.92 Å². The predicted octanol–water partition coefficient (Wildman–Crippen LogP) is 6.85. The molecule has 7 nitrogen and oxygen atoms in total. The Kier molecular flexibility index (Phi) is 11.1. The van der Waals surface area contributed by atoms with Crippen LogP contribution in [0.4, 0.5) is 18.9 Å². The van der Waals surface area contributed by atoms with Crippen molar-refractivity contribution < 1.29 is 31.2 Å².